The summed E-state index contributed by atoms with van der Waals surface area (Å²) < 4.78 is 5.31. The van der Waals surface area contributed by atoms with Crippen molar-refractivity contribution in [3.63, 3.8) is 0 Å². The van der Waals surface area contributed by atoms with E-state index in [9.17, 15) is 9.90 Å². The topological polar surface area (TPSA) is 70.6 Å². The Bertz CT molecular complexity index is 272. The molecule has 17 heavy (non-hydrogen) atoms. The molecule has 5 nitrogen and oxygen atoms in total. The molecule has 98 valence electrons. The highest BCUT2D eigenvalue weighted by Gasteiger charge is 2.35. The Morgan fingerprint density at radius 3 is 2.71 bits per heavy atom. The molecule has 4 unspecified atom stereocenters. The molecule has 0 bridgehead atoms. The van der Waals surface area contributed by atoms with Crippen molar-refractivity contribution in [1.29, 1.82) is 0 Å². The van der Waals surface area contributed by atoms with Crippen LogP contribution in [0.5, 0.6) is 0 Å². The summed E-state index contributed by atoms with van der Waals surface area (Å²) in [4.78, 5) is 12.1. The number of nitrogens with one attached hydrogen (secondary N) is 2. The normalized spacial score (nSPS) is 38.0. The lowest BCUT2D eigenvalue weighted by Crippen LogP contribution is -2.50. The molecular formula is C12H22N2O3. The van der Waals surface area contributed by atoms with Gasteiger partial charge >= 0.3 is 0 Å². The van der Waals surface area contributed by atoms with Crippen LogP contribution in [0.2, 0.25) is 0 Å². The van der Waals surface area contributed by atoms with E-state index in [1.165, 1.54) is 0 Å². The van der Waals surface area contributed by atoms with Crippen molar-refractivity contribution in [2.45, 2.75) is 43.9 Å². The molecule has 0 aromatic rings. The smallest absolute Gasteiger partial charge is 0.227 e. The second-order valence-corrected chi connectivity index (χ2v) is 5.01. The van der Waals surface area contributed by atoms with Gasteiger partial charge in [-0.3, -0.25) is 4.79 Å². The minimum absolute atomic E-state index is 0.00722. The molecule has 1 amide bonds. The van der Waals surface area contributed by atoms with E-state index in [4.69, 9.17) is 4.74 Å². The van der Waals surface area contributed by atoms with Crippen LogP contribution in [-0.4, -0.2) is 49.5 Å². The minimum atomic E-state index is -0.386. The number of hydrogen-bond donors (Lipinski definition) is 3. The van der Waals surface area contributed by atoms with Crippen LogP contribution >= 0.6 is 0 Å². The maximum atomic E-state index is 12.1. The van der Waals surface area contributed by atoms with Gasteiger partial charge in [0, 0.05) is 6.04 Å². The average molecular weight is 242 g/mol. The maximum Gasteiger partial charge on any atom is 0.227 e. The van der Waals surface area contributed by atoms with E-state index in [0.29, 0.717) is 13.2 Å². The van der Waals surface area contributed by atoms with Gasteiger partial charge < -0.3 is 20.5 Å². The molecule has 0 aromatic heterocycles. The van der Waals surface area contributed by atoms with Crippen LogP contribution in [0.15, 0.2) is 0 Å². The summed E-state index contributed by atoms with van der Waals surface area (Å²) in [6.07, 6.45) is 3.42. The molecule has 5 heteroatoms. The zero-order chi connectivity index (χ0) is 12.3. The molecule has 2 fully saturated rings. The monoisotopic (exact) mass is 242 g/mol. The molecule has 0 spiro atoms. The van der Waals surface area contributed by atoms with Crippen LogP contribution < -0.4 is 10.6 Å². The quantitative estimate of drug-likeness (QED) is 0.632. The predicted octanol–water partition coefficient (Wildman–Crippen LogP) is -0.359. The molecule has 3 N–H and O–H groups in total. The van der Waals surface area contributed by atoms with Gasteiger partial charge in [0.2, 0.25) is 5.91 Å². The van der Waals surface area contributed by atoms with Crippen LogP contribution in [0.3, 0.4) is 0 Å². The van der Waals surface area contributed by atoms with Crippen LogP contribution in [0, 0.1) is 5.92 Å². The largest absolute Gasteiger partial charge is 0.391 e. The molecule has 0 aromatic carbocycles. The van der Waals surface area contributed by atoms with Crippen molar-refractivity contribution in [3.8, 4) is 0 Å². The van der Waals surface area contributed by atoms with Gasteiger partial charge in [0.15, 0.2) is 0 Å². The first-order valence-corrected chi connectivity index (χ1v) is 6.46. The third kappa shape index (κ3) is 2.97. The van der Waals surface area contributed by atoms with E-state index >= 15 is 0 Å². The van der Waals surface area contributed by atoms with Crippen LogP contribution in [0.25, 0.3) is 0 Å². The number of carbonyl (C=O) groups is 1. The first-order chi connectivity index (χ1) is 8.22. The Balaban J connectivity index is 1.87. The van der Waals surface area contributed by atoms with Crippen molar-refractivity contribution < 1.29 is 14.6 Å². The molecule has 1 saturated carbocycles. The number of ether oxygens (including phenoxy) is 1. The fourth-order valence-corrected chi connectivity index (χ4v) is 2.67. The summed E-state index contributed by atoms with van der Waals surface area (Å²) in [6.45, 7) is 1.06. The van der Waals surface area contributed by atoms with E-state index in [-0.39, 0.29) is 30.0 Å². The van der Waals surface area contributed by atoms with Crippen LogP contribution in [0.1, 0.15) is 25.7 Å². The average Bonchev–Trinajstić information content (AvgIpc) is 2.80. The second-order valence-electron chi connectivity index (χ2n) is 5.01. The van der Waals surface area contributed by atoms with Crippen molar-refractivity contribution in [2.75, 3.05) is 20.3 Å². The predicted molar refractivity (Wildman–Crippen MR) is 63.6 cm³/mol. The van der Waals surface area contributed by atoms with Crippen molar-refractivity contribution in [3.05, 3.63) is 0 Å². The summed E-state index contributed by atoms with van der Waals surface area (Å²) in [5.41, 5.74) is 0. The molecule has 0 radical (unpaired) electrons. The lowest BCUT2D eigenvalue weighted by Gasteiger charge is -2.29. The first kappa shape index (κ1) is 12.8. The zero-order valence-corrected chi connectivity index (χ0v) is 10.3. The van der Waals surface area contributed by atoms with E-state index in [1.54, 1.807) is 0 Å². The third-order valence-corrected chi connectivity index (χ3v) is 3.85. The van der Waals surface area contributed by atoms with E-state index in [1.807, 2.05) is 7.05 Å². The number of aliphatic hydroxyl groups excluding tert-OH is 1. The number of likely N-dealkylation sites (N-methyl/N-ethyl adjacent to an activating group) is 1. The van der Waals surface area contributed by atoms with E-state index in [0.717, 1.165) is 25.7 Å². The Hall–Kier alpha value is -0.650. The summed E-state index contributed by atoms with van der Waals surface area (Å²) in [7, 11) is 1.84. The van der Waals surface area contributed by atoms with Gasteiger partial charge in [-0.25, -0.2) is 0 Å². The maximum absolute atomic E-state index is 12.1. The first-order valence-electron chi connectivity index (χ1n) is 6.46. The van der Waals surface area contributed by atoms with E-state index < -0.39 is 0 Å². The van der Waals surface area contributed by atoms with Crippen LogP contribution in [-0.2, 0) is 9.53 Å². The molecule has 2 rings (SSSR count). The Morgan fingerprint density at radius 2 is 2.00 bits per heavy atom. The van der Waals surface area contributed by atoms with Gasteiger partial charge in [0.05, 0.1) is 31.3 Å². The van der Waals surface area contributed by atoms with Crippen molar-refractivity contribution in [2.24, 2.45) is 5.92 Å². The molecule has 1 aliphatic carbocycles. The number of rotatable bonds is 3. The second kappa shape index (κ2) is 5.80. The van der Waals surface area contributed by atoms with Gasteiger partial charge in [-0.1, -0.05) is 12.8 Å². The van der Waals surface area contributed by atoms with Gasteiger partial charge in [-0.2, -0.15) is 0 Å². The molecule has 1 aliphatic heterocycles. The number of hydrogen-bond acceptors (Lipinski definition) is 4. The fourth-order valence-electron chi connectivity index (χ4n) is 2.67. The third-order valence-electron chi connectivity index (χ3n) is 3.85. The molecule has 1 saturated heterocycles. The Kier molecular flexibility index (Phi) is 4.36. The SMILES string of the molecule is CNC1COCC1C(=O)NC1CCCCC1O. The number of amides is 1. The van der Waals surface area contributed by atoms with Gasteiger partial charge in [-0.05, 0) is 19.9 Å². The molecule has 1 heterocycles. The molecule has 4 atom stereocenters. The highest BCUT2D eigenvalue weighted by molar-refractivity contribution is 5.80. The number of aliphatic hydroxyl groups is 1. The van der Waals surface area contributed by atoms with Crippen LogP contribution in [0.4, 0.5) is 0 Å². The standard InChI is InChI=1S/C12H22N2O3/c1-13-10-7-17-6-8(10)12(16)14-9-4-2-3-5-11(9)15/h8-11,13,15H,2-7H2,1H3,(H,14,16). The lowest BCUT2D eigenvalue weighted by molar-refractivity contribution is -0.127. The van der Waals surface area contributed by atoms with Crippen molar-refractivity contribution in [1.82, 2.24) is 10.6 Å². The fraction of sp³-hybridized carbons (Fsp3) is 0.917. The molecule has 2 aliphatic rings. The van der Waals surface area contributed by atoms with E-state index in [2.05, 4.69) is 10.6 Å². The van der Waals surface area contributed by atoms with Gasteiger partial charge in [0.25, 0.3) is 0 Å². The zero-order valence-electron chi connectivity index (χ0n) is 10.3. The Labute approximate surface area is 102 Å². The summed E-state index contributed by atoms with van der Waals surface area (Å²) >= 11 is 0. The van der Waals surface area contributed by atoms with Gasteiger partial charge in [0.1, 0.15) is 0 Å². The Morgan fingerprint density at radius 1 is 1.24 bits per heavy atom. The lowest BCUT2D eigenvalue weighted by atomic mass is 9.91. The summed E-state index contributed by atoms with van der Waals surface area (Å²) in [6, 6.07) is 0.0186. The van der Waals surface area contributed by atoms with Crippen molar-refractivity contribution >= 4 is 5.91 Å². The minimum Gasteiger partial charge on any atom is -0.391 e. The highest BCUT2D eigenvalue weighted by Crippen LogP contribution is 2.20. The summed E-state index contributed by atoms with van der Waals surface area (Å²) in [5, 5.41) is 15.9. The molecular weight excluding hydrogens is 220 g/mol. The summed E-state index contributed by atoms with van der Waals surface area (Å²) in [5.74, 6) is -0.123. The van der Waals surface area contributed by atoms with Gasteiger partial charge in [-0.15, -0.1) is 0 Å². The highest BCUT2D eigenvalue weighted by atomic mass is 16.5. The number of carbonyl (C=O) groups excluding carboxylic acids is 1.